The molecule has 1 aliphatic heterocycles. The largest absolute Gasteiger partial charge is 0.297 e. The molecule has 0 amide bonds. The van der Waals surface area contributed by atoms with Crippen molar-refractivity contribution in [2.24, 2.45) is 13.0 Å². The molecule has 2 aromatic carbocycles. The van der Waals surface area contributed by atoms with Crippen molar-refractivity contribution in [2.75, 3.05) is 13.1 Å². The number of piperidine rings is 1. The zero-order chi connectivity index (χ0) is 21.8. The molecule has 1 fully saturated rings. The number of para-hydroxylation sites is 1. The van der Waals surface area contributed by atoms with Gasteiger partial charge in [-0.25, -0.2) is 4.68 Å². The average molecular weight is 438 g/mol. The van der Waals surface area contributed by atoms with Crippen molar-refractivity contribution in [3.63, 3.8) is 0 Å². The number of nitrogens with zero attached hydrogens (tertiary/aromatic N) is 3. The molecule has 0 atom stereocenters. The van der Waals surface area contributed by atoms with Crippen LogP contribution < -0.4 is 5.56 Å². The smallest absolute Gasteiger partial charge is 0.274 e. The number of halogens is 1. The van der Waals surface area contributed by atoms with Crippen molar-refractivity contribution < 1.29 is 0 Å². The van der Waals surface area contributed by atoms with Gasteiger partial charge in [-0.2, -0.15) is 0 Å². The van der Waals surface area contributed by atoms with E-state index in [-0.39, 0.29) is 5.56 Å². The summed E-state index contributed by atoms with van der Waals surface area (Å²) < 4.78 is 3.87. The molecule has 2 heterocycles. The quantitative estimate of drug-likeness (QED) is 0.506. The maximum Gasteiger partial charge on any atom is 0.274 e. The monoisotopic (exact) mass is 437 g/mol. The lowest BCUT2D eigenvalue weighted by molar-refractivity contribution is 0.168. The molecule has 0 spiro atoms. The van der Waals surface area contributed by atoms with Crippen LogP contribution in [0.5, 0.6) is 0 Å². The molecule has 0 N–H and O–H groups in total. The minimum absolute atomic E-state index is 0.112. The molecule has 0 radical (unpaired) electrons. The predicted octanol–water partition coefficient (Wildman–Crippen LogP) is 5.24. The average Bonchev–Trinajstić information content (AvgIpc) is 3.03. The third-order valence-corrected chi connectivity index (χ3v) is 7.07. The van der Waals surface area contributed by atoms with E-state index >= 15 is 0 Å². The normalized spacial score (nSPS) is 15.5. The van der Waals surface area contributed by atoms with Crippen LogP contribution in [0.15, 0.2) is 59.4 Å². The lowest BCUT2D eigenvalue weighted by atomic mass is 9.90. The maximum atomic E-state index is 13.1. The van der Waals surface area contributed by atoms with Gasteiger partial charge in [0.1, 0.15) is 0 Å². The van der Waals surface area contributed by atoms with Gasteiger partial charge in [-0.1, -0.05) is 54.9 Å². The Morgan fingerprint density at radius 1 is 1.00 bits per heavy atom. The van der Waals surface area contributed by atoms with Crippen LogP contribution in [-0.4, -0.2) is 27.4 Å². The molecule has 1 aliphatic rings. The molecule has 0 aliphatic carbocycles. The van der Waals surface area contributed by atoms with Crippen molar-refractivity contribution in [1.82, 2.24) is 14.3 Å². The number of benzene rings is 2. The van der Waals surface area contributed by atoms with E-state index in [4.69, 9.17) is 11.6 Å². The van der Waals surface area contributed by atoms with Gasteiger partial charge in [-0.3, -0.25) is 14.4 Å². The third kappa shape index (κ3) is 4.81. The highest BCUT2D eigenvalue weighted by Crippen LogP contribution is 2.26. The van der Waals surface area contributed by atoms with Crippen LogP contribution in [0, 0.1) is 5.92 Å². The second kappa shape index (κ2) is 9.88. The Morgan fingerprint density at radius 3 is 2.35 bits per heavy atom. The van der Waals surface area contributed by atoms with Crippen LogP contribution in [0.2, 0.25) is 5.02 Å². The zero-order valence-corrected chi connectivity index (χ0v) is 19.3. The van der Waals surface area contributed by atoms with Gasteiger partial charge in [-0.05, 0) is 74.9 Å². The minimum Gasteiger partial charge on any atom is -0.297 e. The summed E-state index contributed by atoms with van der Waals surface area (Å²) in [4.78, 5) is 15.6. The van der Waals surface area contributed by atoms with Gasteiger partial charge >= 0.3 is 0 Å². The summed E-state index contributed by atoms with van der Waals surface area (Å²) in [6, 6.07) is 18.1. The predicted molar refractivity (Wildman–Crippen MR) is 128 cm³/mol. The molecule has 4 nitrogen and oxygen atoms in total. The van der Waals surface area contributed by atoms with Gasteiger partial charge in [0, 0.05) is 24.2 Å². The first-order chi connectivity index (χ1) is 15.1. The fourth-order valence-corrected chi connectivity index (χ4v) is 5.05. The van der Waals surface area contributed by atoms with E-state index in [0.29, 0.717) is 0 Å². The van der Waals surface area contributed by atoms with Crippen molar-refractivity contribution in [3.8, 4) is 5.69 Å². The van der Waals surface area contributed by atoms with Crippen molar-refractivity contribution in [1.29, 1.82) is 0 Å². The van der Waals surface area contributed by atoms with Gasteiger partial charge in [-0.15, -0.1) is 0 Å². The number of likely N-dealkylation sites (tertiary alicyclic amines) is 1. The van der Waals surface area contributed by atoms with Crippen LogP contribution >= 0.6 is 11.6 Å². The molecule has 0 saturated carbocycles. The van der Waals surface area contributed by atoms with E-state index in [2.05, 4.69) is 28.6 Å². The lowest BCUT2D eigenvalue weighted by Crippen LogP contribution is -2.34. The summed E-state index contributed by atoms with van der Waals surface area (Å²) in [5, 5.41) is 0.885. The van der Waals surface area contributed by atoms with E-state index in [1.807, 2.05) is 54.2 Å². The topological polar surface area (TPSA) is 30.2 Å². The number of hydrogen-bond donors (Lipinski definition) is 0. The molecule has 1 saturated heterocycles. The SMILES string of the molecule is CCc1c(CN2CCC(CCc3ccccc3Cl)CC2)n(C)n(-c2ccccc2)c1=O. The summed E-state index contributed by atoms with van der Waals surface area (Å²) in [7, 11) is 2.01. The molecule has 4 rings (SSSR count). The highest BCUT2D eigenvalue weighted by atomic mass is 35.5. The Kier molecular flexibility index (Phi) is 6.99. The van der Waals surface area contributed by atoms with E-state index in [1.54, 1.807) is 0 Å². The lowest BCUT2D eigenvalue weighted by Gasteiger charge is -2.32. The fraction of sp³-hybridized carbons (Fsp3) is 0.423. The summed E-state index contributed by atoms with van der Waals surface area (Å²) >= 11 is 6.32. The number of rotatable bonds is 7. The number of aryl methyl sites for hydroxylation is 1. The second-order valence-corrected chi connectivity index (χ2v) is 9.01. The fourth-order valence-electron chi connectivity index (χ4n) is 4.82. The Morgan fingerprint density at radius 2 is 1.68 bits per heavy atom. The van der Waals surface area contributed by atoms with E-state index in [9.17, 15) is 4.79 Å². The van der Waals surface area contributed by atoms with Crippen LogP contribution in [0.3, 0.4) is 0 Å². The molecule has 5 heteroatoms. The first kappa shape index (κ1) is 21.9. The molecular weight excluding hydrogens is 406 g/mol. The molecule has 31 heavy (non-hydrogen) atoms. The Bertz CT molecular complexity index is 1060. The van der Waals surface area contributed by atoms with Crippen LogP contribution in [-0.2, 0) is 26.4 Å². The Balaban J connectivity index is 1.41. The molecule has 0 bridgehead atoms. The van der Waals surface area contributed by atoms with E-state index in [1.165, 1.54) is 24.8 Å². The third-order valence-electron chi connectivity index (χ3n) is 6.70. The Hall–Kier alpha value is -2.30. The number of hydrogen-bond acceptors (Lipinski definition) is 2. The summed E-state index contributed by atoms with van der Waals surface area (Å²) in [6.07, 6.45) is 5.42. The summed E-state index contributed by atoms with van der Waals surface area (Å²) in [5.41, 5.74) is 4.38. The van der Waals surface area contributed by atoms with Crippen LogP contribution in [0.25, 0.3) is 5.69 Å². The highest BCUT2D eigenvalue weighted by Gasteiger charge is 2.23. The maximum absolute atomic E-state index is 13.1. The minimum atomic E-state index is 0.112. The second-order valence-electron chi connectivity index (χ2n) is 8.60. The molecular formula is C26H32ClN3O. The van der Waals surface area contributed by atoms with E-state index < -0.39 is 0 Å². The van der Waals surface area contributed by atoms with Crippen molar-refractivity contribution in [2.45, 2.75) is 45.6 Å². The number of aromatic nitrogens is 2. The molecule has 1 aromatic heterocycles. The van der Waals surface area contributed by atoms with Gasteiger partial charge in [0.05, 0.1) is 11.4 Å². The van der Waals surface area contributed by atoms with Gasteiger partial charge < -0.3 is 0 Å². The van der Waals surface area contributed by atoms with Crippen molar-refractivity contribution >= 4 is 11.6 Å². The first-order valence-corrected chi connectivity index (χ1v) is 11.8. The Labute approximate surface area is 190 Å². The van der Waals surface area contributed by atoms with E-state index in [0.717, 1.165) is 60.4 Å². The van der Waals surface area contributed by atoms with Crippen molar-refractivity contribution in [3.05, 3.63) is 86.8 Å². The van der Waals surface area contributed by atoms with Gasteiger partial charge in [0.2, 0.25) is 0 Å². The zero-order valence-electron chi connectivity index (χ0n) is 18.6. The highest BCUT2D eigenvalue weighted by molar-refractivity contribution is 6.31. The van der Waals surface area contributed by atoms with Gasteiger partial charge in [0.25, 0.3) is 5.56 Å². The standard InChI is InChI=1S/C26H32ClN3O/c1-3-23-25(28(2)30(26(23)31)22-10-5-4-6-11-22)19-29-17-15-20(16-18-29)13-14-21-9-7-8-12-24(21)27/h4-12,20H,3,13-19H2,1-2H3. The van der Waals surface area contributed by atoms with Crippen LogP contribution in [0.1, 0.15) is 43.0 Å². The molecule has 3 aromatic rings. The molecule has 164 valence electrons. The first-order valence-electron chi connectivity index (χ1n) is 11.4. The summed E-state index contributed by atoms with van der Waals surface area (Å²) in [5.74, 6) is 0.746. The summed E-state index contributed by atoms with van der Waals surface area (Å²) in [6.45, 7) is 5.09. The molecule has 0 unspecified atom stereocenters. The van der Waals surface area contributed by atoms with Gasteiger partial charge in [0.15, 0.2) is 0 Å². The van der Waals surface area contributed by atoms with Crippen LogP contribution in [0.4, 0.5) is 0 Å².